The second kappa shape index (κ2) is 8.78. The van der Waals surface area contributed by atoms with E-state index in [0.29, 0.717) is 32.7 Å². The third kappa shape index (κ3) is 4.28. The standard InChI is InChI=1S/C25H18Cl2O3/c1-16-13-18(29-15-19-20(26)10-6-11-21(19)27)14-23-24(16)25(28)22(30-23)12-5-9-17-7-3-2-4-8-17/h2-14H,15H2,1H3/b9-5+,22-12-. The van der Waals surface area contributed by atoms with Crippen LogP contribution in [0.5, 0.6) is 11.5 Å². The summed E-state index contributed by atoms with van der Waals surface area (Å²) in [5, 5.41) is 1.09. The van der Waals surface area contributed by atoms with Crippen LogP contribution in [0.25, 0.3) is 6.08 Å². The van der Waals surface area contributed by atoms with Gasteiger partial charge in [-0.3, -0.25) is 4.79 Å². The molecule has 1 aliphatic heterocycles. The SMILES string of the molecule is Cc1cc(OCc2c(Cl)cccc2Cl)cc2c1C(=O)/C(=C/C=C/c1ccccc1)O2. The molecule has 3 nitrogen and oxygen atoms in total. The Labute approximate surface area is 185 Å². The smallest absolute Gasteiger partial charge is 0.232 e. The van der Waals surface area contributed by atoms with Crippen molar-refractivity contribution in [1.29, 1.82) is 0 Å². The first-order valence-electron chi connectivity index (χ1n) is 9.39. The average molecular weight is 437 g/mol. The quantitative estimate of drug-likeness (QED) is 0.401. The number of ether oxygens (including phenoxy) is 2. The van der Waals surface area contributed by atoms with Crippen molar-refractivity contribution in [1.82, 2.24) is 0 Å². The van der Waals surface area contributed by atoms with Crippen molar-refractivity contribution in [3.05, 3.63) is 111 Å². The zero-order chi connectivity index (χ0) is 21.1. The van der Waals surface area contributed by atoms with E-state index in [-0.39, 0.29) is 18.1 Å². The first kappa shape index (κ1) is 20.3. The highest BCUT2D eigenvalue weighted by atomic mass is 35.5. The van der Waals surface area contributed by atoms with E-state index in [1.165, 1.54) is 0 Å². The summed E-state index contributed by atoms with van der Waals surface area (Å²) in [4.78, 5) is 12.7. The van der Waals surface area contributed by atoms with Gasteiger partial charge in [-0.2, -0.15) is 0 Å². The van der Waals surface area contributed by atoms with Gasteiger partial charge in [0.1, 0.15) is 18.1 Å². The second-order valence-electron chi connectivity index (χ2n) is 6.83. The molecule has 0 saturated heterocycles. The van der Waals surface area contributed by atoms with E-state index < -0.39 is 0 Å². The lowest BCUT2D eigenvalue weighted by atomic mass is 10.0. The predicted octanol–water partition coefficient (Wildman–Crippen LogP) is 7.05. The Morgan fingerprint density at radius 1 is 1.00 bits per heavy atom. The van der Waals surface area contributed by atoms with Gasteiger partial charge in [0.25, 0.3) is 0 Å². The molecule has 0 atom stereocenters. The Bertz CT molecular complexity index is 1140. The fourth-order valence-electron chi connectivity index (χ4n) is 3.21. The Morgan fingerprint density at radius 2 is 1.73 bits per heavy atom. The number of aryl methyl sites for hydroxylation is 1. The van der Waals surface area contributed by atoms with Crippen LogP contribution in [0.1, 0.15) is 27.0 Å². The van der Waals surface area contributed by atoms with Gasteiger partial charge >= 0.3 is 0 Å². The molecule has 0 N–H and O–H groups in total. The van der Waals surface area contributed by atoms with Crippen LogP contribution >= 0.6 is 23.2 Å². The van der Waals surface area contributed by atoms with Gasteiger partial charge in [-0.15, -0.1) is 0 Å². The third-order valence-electron chi connectivity index (χ3n) is 4.72. The van der Waals surface area contributed by atoms with Gasteiger partial charge in [-0.25, -0.2) is 0 Å². The molecule has 3 aromatic carbocycles. The maximum Gasteiger partial charge on any atom is 0.232 e. The van der Waals surface area contributed by atoms with Crippen LogP contribution in [0.4, 0.5) is 0 Å². The number of ketones is 1. The molecule has 30 heavy (non-hydrogen) atoms. The first-order valence-corrected chi connectivity index (χ1v) is 10.1. The van der Waals surface area contributed by atoms with Crippen LogP contribution in [-0.2, 0) is 6.61 Å². The van der Waals surface area contributed by atoms with E-state index in [1.807, 2.05) is 49.4 Å². The highest BCUT2D eigenvalue weighted by molar-refractivity contribution is 6.35. The van der Waals surface area contributed by atoms with Gasteiger partial charge in [-0.1, -0.05) is 71.8 Å². The Hall–Kier alpha value is -3.01. The van der Waals surface area contributed by atoms with Gasteiger partial charge in [0.05, 0.1) is 5.56 Å². The first-order chi connectivity index (χ1) is 14.5. The van der Waals surface area contributed by atoms with Gasteiger partial charge in [-0.05, 0) is 42.3 Å². The number of carbonyl (C=O) groups excluding carboxylic acids is 1. The summed E-state index contributed by atoms with van der Waals surface area (Å²) in [5.41, 5.74) is 3.09. The molecule has 0 amide bonds. The minimum absolute atomic E-state index is 0.138. The fraction of sp³-hybridized carbons (Fsp3) is 0.0800. The zero-order valence-electron chi connectivity index (χ0n) is 16.2. The minimum Gasteiger partial charge on any atom is -0.489 e. The van der Waals surface area contributed by atoms with Crippen molar-refractivity contribution in [3.8, 4) is 11.5 Å². The average Bonchev–Trinajstić information content (AvgIpc) is 3.04. The number of benzene rings is 3. The molecule has 0 saturated carbocycles. The number of carbonyl (C=O) groups is 1. The summed E-state index contributed by atoms with van der Waals surface area (Å²) >= 11 is 12.4. The van der Waals surface area contributed by atoms with E-state index in [4.69, 9.17) is 32.7 Å². The zero-order valence-corrected chi connectivity index (χ0v) is 17.7. The van der Waals surface area contributed by atoms with Crippen molar-refractivity contribution < 1.29 is 14.3 Å². The number of fused-ring (bicyclic) bond motifs is 1. The van der Waals surface area contributed by atoms with Gasteiger partial charge in [0.2, 0.25) is 5.78 Å². The topological polar surface area (TPSA) is 35.5 Å². The molecular weight excluding hydrogens is 419 g/mol. The van der Waals surface area contributed by atoms with Crippen molar-refractivity contribution in [2.75, 3.05) is 0 Å². The molecule has 0 fully saturated rings. The molecule has 0 radical (unpaired) electrons. The molecule has 0 aliphatic carbocycles. The summed E-state index contributed by atoms with van der Waals surface area (Å²) in [6.07, 6.45) is 5.40. The molecule has 1 heterocycles. The molecule has 1 aliphatic rings. The van der Waals surface area contributed by atoms with Gasteiger partial charge < -0.3 is 9.47 Å². The lowest BCUT2D eigenvalue weighted by molar-refractivity contribution is 0.101. The fourth-order valence-corrected chi connectivity index (χ4v) is 3.72. The maximum atomic E-state index is 12.7. The summed E-state index contributed by atoms with van der Waals surface area (Å²) in [7, 11) is 0. The van der Waals surface area contributed by atoms with E-state index in [9.17, 15) is 4.79 Å². The van der Waals surface area contributed by atoms with Crippen molar-refractivity contribution >= 4 is 35.1 Å². The largest absolute Gasteiger partial charge is 0.489 e. The van der Waals surface area contributed by atoms with E-state index in [0.717, 1.165) is 11.1 Å². The summed E-state index contributed by atoms with van der Waals surface area (Å²) in [6, 6.07) is 18.7. The number of hydrogen-bond donors (Lipinski definition) is 0. The Kier molecular flexibility index (Phi) is 5.93. The number of rotatable bonds is 5. The Morgan fingerprint density at radius 3 is 2.47 bits per heavy atom. The van der Waals surface area contributed by atoms with Gasteiger partial charge in [0, 0.05) is 21.7 Å². The van der Waals surface area contributed by atoms with Crippen LogP contribution in [0.15, 0.2) is 78.6 Å². The number of allylic oxidation sites excluding steroid dienone is 3. The van der Waals surface area contributed by atoms with Crippen LogP contribution < -0.4 is 9.47 Å². The predicted molar refractivity (Wildman–Crippen MR) is 120 cm³/mol. The van der Waals surface area contributed by atoms with E-state index >= 15 is 0 Å². The monoisotopic (exact) mass is 436 g/mol. The van der Waals surface area contributed by atoms with Crippen LogP contribution in [-0.4, -0.2) is 5.78 Å². The lowest BCUT2D eigenvalue weighted by Crippen LogP contribution is -2.00. The molecular formula is C25H18Cl2O3. The maximum absolute atomic E-state index is 12.7. The number of hydrogen-bond acceptors (Lipinski definition) is 3. The lowest BCUT2D eigenvalue weighted by Gasteiger charge is -2.11. The second-order valence-corrected chi connectivity index (χ2v) is 7.65. The molecule has 4 rings (SSSR count). The van der Waals surface area contributed by atoms with Crippen LogP contribution in [0, 0.1) is 6.92 Å². The summed E-state index contributed by atoms with van der Waals surface area (Å²) in [6.45, 7) is 2.07. The summed E-state index contributed by atoms with van der Waals surface area (Å²) in [5.74, 6) is 1.21. The highest BCUT2D eigenvalue weighted by Gasteiger charge is 2.29. The van der Waals surface area contributed by atoms with Crippen molar-refractivity contribution in [3.63, 3.8) is 0 Å². The molecule has 0 unspecified atom stereocenters. The minimum atomic E-state index is -0.138. The van der Waals surface area contributed by atoms with Crippen molar-refractivity contribution in [2.45, 2.75) is 13.5 Å². The molecule has 0 aromatic heterocycles. The highest BCUT2D eigenvalue weighted by Crippen LogP contribution is 2.37. The summed E-state index contributed by atoms with van der Waals surface area (Å²) < 4.78 is 11.7. The van der Waals surface area contributed by atoms with Crippen LogP contribution in [0.2, 0.25) is 10.0 Å². The van der Waals surface area contributed by atoms with Crippen molar-refractivity contribution in [2.24, 2.45) is 0 Å². The normalized spacial score (nSPS) is 14.2. The molecule has 0 spiro atoms. The van der Waals surface area contributed by atoms with Gasteiger partial charge in [0.15, 0.2) is 5.76 Å². The molecule has 150 valence electrons. The third-order valence-corrected chi connectivity index (χ3v) is 5.43. The van der Waals surface area contributed by atoms with E-state index in [2.05, 4.69) is 0 Å². The molecule has 3 aromatic rings. The molecule has 5 heteroatoms. The number of halogens is 2. The van der Waals surface area contributed by atoms with Crippen LogP contribution in [0.3, 0.4) is 0 Å². The van der Waals surface area contributed by atoms with E-state index in [1.54, 1.807) is 36.4 Å². The Balaban J connectivity index is 1.52. The molecule has 0 bridgehead atoms. The number of Topliss-reactive ketones (excluding diaryl/α,β-unsaturated/α-hetero) is 1.